The predicted octanol–water partition coefficient (Wildman–Crippen LogP) is 2.01. The van der Waals surface area contributed by atoms with Gasteiger partial charge in [0.25, 0.3) is 0 Å². The predicted molar refractivity (Wildman–Crippen MR) is 93.7 cm³/mol. The zero-order chi connectivity index (χ0) is 17.1. The van der Waals surface area contributed by atoms with Gasteiger partial charge in [0.2, 0.25) is 5.91 Å². The number of hydrogen-bond donors (Lipinski definition) is 0. The van der Waals surface area contributed by atoms with E-state index in [1.54, 1.807) is 0 Å². The Bertz CT molecular complexity index is 564. The molecular formula is C18H31N5O. The maximum atomic E-state index is 12.8. The SMILES string of the molecule is Cc1nc(C)n(CC(C)C(=O)N2CCCN(C3CCCC3)CC2)n1. The summed E-state index contributed by atoms with van der Waals surface area (Å²) < 4.78 is 1.86. The van der Waals surface area contributed by atoms with E-state index in [1.165, 1.54) is 25.7 Å². The summed E-state index contributed by atoms with van der Waals surface area (Å²) in [5.74, 6) is 1.86. The fourth-order valence-corrected chi connectivity index (χ4v) is 4.18. The van der Waals surface area contributed by atoms with E-state index in [1.807, 2.05) is 25.5 Å². The summed E-state index contributed by atoms with van der Waals surface area (Å²) in [7, 11) is 0. The van der Waals surface area contributed by atoms with Gasteiger partial charge in [0.15, 0.2) is 0 Å². The molecule has 1 saturated heterocycles. The summed E-state index contributed by atoms with van der Waals surface area (Å²) in [6.07, 6.45) is 6.52. The summed E-state index contributed by atoms with van der Waals surface area (Å²) in [6, 6.07) is 0.762. The number of carbonyl (C=O) groups excluding carboxylic acids is 1. The van der Waals surface area contributed by atoms with Crippen molar-refractivity contribution in [1.29, 1.82) is 0 Å². The molecule has 2 aliphatic rings. The molecule has 2 fully saturated rings. The average Bonchev–Trinajstić information content (AvgIpc) is 3.11. The zero-order valence-corrected chi connectivity index (χ0v) is 15.4. The standard InChI is InChI=1S/C18H31N5O/c1-14(13-23-16(3)19-15(2)20-23)18(24)22-10-6-9-21(11-12-22)17-7-4-5-8-17/h14,17H,4-13H2,1-3H3. The molecule has 3 rings (SSSR count). The fraction of sp³-hybridized carbons (Fsp3) is 0.833. The molecule has 1 aliphatic heterocycles. The lowest BCUT2D eigenvalue weighted by Gasteiger charge is -2.28. The van der Waals surface area contributed by atoms with Crippen LogP contribution in [-0.2, 0) is 11.3 Å². The number of aromatic nitrogens is 3. The van der Waals surface area contributed by atoms with Crippen molar-refractivity contribution in [2.24, 2.45) is 5.92 Å². The van der Waals surface area contributed by atoms with E-state index >= 15 is 0 Å². The van der Waals surface area contributed by atoms with E-state index in [2.05, 4.69) is 19.9 Å². The minimum Gasteiger partial charge on any atom is -0.341 e. The van der Waals surface area contributed by atoms with Gasteiger partial charge >= 0.3 is 0 Å². The molecule has 1 saturated carbocycles. The van der Waals surface area contributed by atoms with Gasteiger partial charge in [-0.1, -0.05) is 19.8 Å². The maximum Gasteiger partial charge on any atom is 0.227 e. The van der Waals surface area contributed by atoms with Crippen LogP contribution in [0.15, 0.2) is 0 Å². The molecule has 134 valence electrons. The minimum atomic E-state index is -0.0529. The van der Waals surface area contributed by atoms with Crippen LogP contribution in [0.4, 0.5) is 0 Å². The van der Waals surface area contributed by atoms with E-state index in [0.29, 0.717) is 6.54 Å². The Morgan fingerprint density at radius 2 is 1.88 bits per heavy atom. The lowest BCUT2D eigenvalue weighted by Crippen LogP contribution is -2.41. The van der Waals surface area contributed by atoms with E-state index in [4.69, 9.17) is 0 Å². The Morgan fingerprint density at radius 1 is 1.12 bits per heavy atom. The summed E-state index contributed by atoms with van der Waals surface area (Å²) in [4.78, 5) is 21.9. The van der Waals surface area contributed by atoms with E-state index < -0.39 is 0 Å². The van der Waals surface area contributed by atoms with Crippen molar-refractivity contribution >= 4 is 5.91 Å². The molecule has 1 aromatic rings. The number of aryl methyl sites for hydroxylation is 2. The molecule has 1 aliphatic carbocycles. The first-order valence-electron chi connectivity index (χ1n) is 9.45. The van der Waals surface area contributed by atoms with Crippen LogP contribution < -0.4 is 0 Å². The van der Waals surface area contributed by atoms with Crippen molar-refractivity contribution in [3.05, 3.63) is 11.6 Å². The quantitative estimate of drug-likeness (QED) is 0.846. The van der Waals surface area contributed by atoms with Crippen LogP contribution in [0.3, 0.4) is 0 Å². The van der Waals surface area contributed by atoms with E-state index in [-0.39, 0.29) is 11.8 Å². The molecule has 2 heterocycles. The van der Waals surface area contributed by atoms with Crippen molar-refractivity contribution in [2.45, 2.75) is 65.5 Å². The van der Waals surface area contributed by atoms with Gasteiger partial charge in [-0.25, -0.2) is 9.67 Å². The Morgan fingerprint density at radius 3 is 2.54 bits per heavy atom. The first-order chi connectivity index (χ1) is 11.5. The van der Waals surface area contributed by atoms with Crippen molar-refractivity contribution in [1.82, 2.24) is 24.6 Å². The average molecular weight is 333 g/mol. The Labute approximate surface area is 145 Å². The highest BCUT2D eigenvalue weighted by molar-refractivity contribution is 5.78. The third-order valence-corrected chi connectivity index (χ3v) is 5.51. The van der Waals surface area contributed by atoms with Gasteiger partial charge in [-0.2, -0.15) is 5.10 Å². The van der Waals surface area contributed by atoms with Crippen molar-refractivity contribution in [2.75, 3.05) is 26.2 Å². The number of amides is 1. The molecular weight excluding hydrogens is 302 g/mol. The van der Waals surface area contributed by atoms with Gasteiger partial charge in [-0.15, -0.1) is 0 Å². The summed E-state index contributed by atoms with van der Waals surface area (Å²) >= 11 is 0. The van der Waals surface area contributed by atoms with Gasteiger partial charge in [0.1, 0.15) is 11.6 Å². The van der Waals surface area contributed by atoms with Crippen LogP contribution in [0.5, 0.6) is 0 Å². The molecule has 6 nitrogen and oxygen atoms in total. The molecule has 0 N–H and O–H groups in total. The second-order valence-electron chi connectivity index (χ2n) is 7.44. The molecule has 0 radical (unpaired) electrons. The molecule has 0 bridgehead atoms. The monoisotopic (exact) mass is 333 g/mol. The number of hydrogen-bond acceptors (Lipinski definition) is 4. The zero-order valence-electron chi connectivity index (χ0n) is 15.4. The molecule has 1 aromatic heterocycles. The second kappa shape index (κ2) is 7.64. The highest BCUT2D eigenvalue weighted by atomic mass is 16.2. The first-order valence-corrected chi connectivity index (χ1v) is 9.45. The lowest BCUT2D eigenvalue weighted by molar-refractivity contribution is -0.135. The van der Waals surface area contributed by atoms with Crippen LogP contribution in [0, 0.1) is 19.8 Å². The van der Waals surface area contributed by atoms with Crippen molar-refractivity contribution in [3.8, 4) is 0 Å². The molecule has 0 aromatic carbocycles. The van der Waals surface area contributed by atoms with Crippen molar-refractivity contribution < 1.29 is 4.79 Å². The minimum absolute atomic E-state index is 0.0529. The van der Waals surface area contributed by atoms with Gasteiger partial charge in [-0.3, -0.25) is 9.69 Å². The fourth-order valence-electron chi connectivity index (χ4n) is 4.18. The van der Waals surface area contributed by atoms with Gasteiger partial charge in [-0.05, 0) is 33.1 Å². The summed E-state index contributed by atoms with van der Waals surface area (Å²) in [5.41, 5.74) is 0. The Kier molecular flexibility index (Phi) is 5.54. The Hall–Kier alpha value is -1.43. The van der Waals surface area contributed by atoms with Crippen molar-refractivity contribution in [3.63, 3.8) is 0 Å². The smallest absolute Gasteiger partial charge is 0.227 e. The molecule has 0 spiro atoms. The topological polar surface area (TPSA) is 54.3 Å². The Balaban J connectivity index is 1.55. The van der Waals surface area contributed by atoms with Gasteiger partial charge in [0.05, 0.1) is 12.5 Å². The van der Waals surface area contributed by atoms with Gasteiger partial charge < -0.3 is 4.90 Å². The maximum absolute atomic E-state index is 12.8. The molecule has 24 heavy (non-hydrogen) atoms. The largest absolute Gasteiger partial charge is 0.341 e. The number of rotatable bonds is 4. The first kappa shape index (κ1) is 17.4. The highest BCUT2D eigenvalue weighted by Crippen LogP contribution is 2.24. The third kappa shape index (κ3) is 3.97. The van der Waals surface area contributed by atoms with Gasteiger partial charge in [0, 0.05) is 32.2 Å². The van der Waals surface area contributed by atoms with E-state index in [0.717, 1.165) is 50.3 Å². The molecule has 1 atom stereocenters. The molecule has 1 unspecified atom stereocenters. The highest BCUT2D eigenvalue weighted by Gasteiger charge is 2.28. The summed E-state index contributed by atoms with van der Waals surface area (Å²) in [5, 5.41) is 4.39. The van der Waals surface area contributed by atoms with Crippen LogP contribution >= 0.6 is 0 Å². The molecule has 6 heteroatoms. The van der Waals surface area contributed by atoms with Crippen LogP contribution in [-0.4, -0.2) is 62.7 Å². The van der Waals surface area contributed by atoms with E-state index in [9.17, 15) is 4.79 Å². The normalized spacial score (nSPS) is 21.9. The second-order valence-corrected chi connectivity index (χ2v) is 7.44. The lowest BCUT2D eigenvalue weighted by atomic mass is 10.1. The third-order valence-electron chi connectivity index (χ3n) is 5.51. The van der Waals surface area contributed by atoms with Crippen LogP contribution in [0.1, 0.15) is 50.7 Å². The number of carbonyl (C=O) groups is 1. The number of nitrogens with zero attached hydrogens (tertiary/aromatic N) is 5. The summed E-state index contributed by atoms with van der Waals surface area (Å²) in [6.45, 7) is 10.4. The van der Waals surface area contributed by atoms with Crippen LogP contribution in [0.25, 0.3) is 0 Å². The van der Waals surface area contributed by atoms with Crippen LogP contribution in [0.2, 0.25) is 0 Å². The molecule has 1 amide bonds.